The van der Waals surface area contributed by atoms with Crippen molar-refractivity contribution in [3.05, 3.63) is 0 Å². The number of hydrogen-bond donors (Lipinski definition) is 1. The highest BCUT2D eigenvalue weighted by molar-refractivity contribution is 6.56. The predicted molar refractivity (Wildman–Crippen MR) is 27.8 cm³/mol. The predicted octanol–water partition coefficient (Wildman–Crippen LogP) is 0.188. The van der Waals surface area contributed by atoms with Gasteiger partial charge in [0.15, 0.2) is 0 Å². The van der Waals surface area contributed by atoms with Crippen LogP contribution in [0.5, 0.6) is 0 Å². The summed E-state index contributed by atoms with van der Waals surface area (Å²) in [6.45, 7) is 4.27. The monoisotopic (exact) mass is 82.1 g/mol. The first-order valence-electron chi connectivity index (χ1n) is 2.24. The molecule has 1 unspecified atom stereocenters. The Labute approximate surface area is 39.2 Å². The minimum atomic E-state index is 0.361. The Morgan fingerprint density at radius 1 is 1.67 bits per heavy atom. The second kappa shape index (κ2) is 0.810. The number of hydrogen-bond acceptors (Lipinski definition) is 1. The van der Waals surface area contributed by atoms with Crippen molar-refractivity contribution >= 4 is 7.28 Å². The fourth-order valence-corrected chi connectivity index (χ4v) is 0.415. The topological polar surface area (TPSA) is 26.0 Å². The van der Waals surface area contributed by atoms with Gasteiger partial charge in [-0.2, -0.15) is 0 Å². The molecule has 0 aromatic rings. The molecule has 1 aliphatic heterocycles. The summed E-state index contributed by atoms with van der Waals surface area (Å²) in [4.78, 5) is 0. The third-order valence-electron chi connectivity index (χ3n) is 1.36. The molecule has 1 aliphatic rings. The molecule has 1 atom stereocenters. The molecule has 1 nitrogen and oxygen atoms in total. The molecule has 1 fully saturated rings. The highest BCUT2D eigenvalue weighted by Gasteiger charge is 2.43. The molecule has 1 heterocycles. The van der Waals surface area contributed by atoms with Crippen molar-refractivity contribution in [3.63, 3.8) is 0 Å². The van der Waals surface area contributed by atoms with Gasteiger partial charge in [-0.3, -0.25) is 0 Å². The molecule has 0 saturated carbocycles. The van der Waals surface area contributed by atoms with Gasteiger partial charge in [0.25, 0.3) is 0 Å². The van der Waals surface area contributed by atoms with Gasteiger partial charge < -0.3 is 5.73 Å². The second-order valence-corrected chi connectivity index (χ2v) is 2.51. The molecule has 1 radical (unpaired) electrons. The highest BCUT2D eigenvalue weighted by Crippen LogP contribution is 2.40. The van der Waals surface area contributed by atoms with E-state index in [2.05, 4.69) is 21.1 Å². The van der Waals surface area contributed by atoms with Gasteiger partial charge in [0.2, 0.25) is 0 Å². The van der Waals surface area contributed by atoms with E-state index in [9.17, 15) is 0 Å². The Balaban J connectivity index is 2.41. The number of nitrogens with two attached hydrogens (primary N) is 1. The van der Waals surface area contributed by atoms with Gasteiger partial charge in [0.05, 0.1) is 0 Å². The van der Waals surface area contributed by atoms with Crippen LogP contribution in [0.4, 0.5) is 0 Å². The smallest absolute Gasteiger partial charge is 0.140 e. The Kier molecular flexibility index (Phi) is 0.566. The standard InChI is InChI=1S/C4H9BN/c1-4(2)3(6)5-4/h3H,6H2,1-2H3. The van der Waals surface area contributed by atoms with Gasteiger partial charge in [0.1, 0.15) is 7.28 Å². The Morgan fingerprint density at radius 2 is 1.83 bits per heavy atom. The summed E-state index contributed by atoms with van der Waals surface area (Å²) in [6, 6.07) is 0. The lowest BCUT2D eigenvalue weighted by Gasteiger charge is -1.94. The van der Waals surface area contributed by atoms with Crippen LogP contribution in [-0.2, 0) is 0 Å². The maximum absolute atomic E-state index is 5.44. The lowest BCUT2D eigenvalue weighted by atomic mass is 9.92. The van der Waals surface area contributed by atoms with Crippen LogP contribution in [0.1, 0.15) is 13.8 Å². The largest absolute Gasteiger partial charge is 0.335 e. The molecule has 2 heteroatoms. The van der Waals surface area contributed by atoms with E-state index >= 15 is 0 Å². The van der Waals surface area contributed by atoms with E-state index in [0.29, 0.717) is 11.3 Å². The van der Waals surface area contributed by atoms with Gasteiger partial charge in [-0.15, -0.1) is 0 Å². The third-order valence-corrected chi connectivity index (χ3v) is 1.36. The quantitative estimate of drug-likeness (QED) is 0.414. The van der Waals surface area contributed by atoms with E-state index < -0.39 is 0 Å². The van der Waals surface area contributed by atoms with Crippen molar-refractivity contribution in [2.75, 3.05) is 0 Å². The fourth-order valence-electron chi connectivity index (χ4n) is 0.415. The molecule has 1 saturated heterocycles. The Bertz CT molecular complexity index is 69.9. The van der Waals surface area contributed by atoms with Crippen molar-refractivity contribution in [1.82, 2.24) is 0 Å². The lowest BCUT2D eigenvalue weighted by molar-refractivity contribution is 0.764. The summed E-state index contributed by atoms with van der Waals surface area (Å²) < 4.78 is 0. The van der Waals surface area contributed by atoms with Gasteiger partial charge in [-0.1, -0.05) is 19.2 Å². The molecule has 0 aromatic carbocycles. The van der Waals surface area contributed by atoms with Gasteiger partial charge >= 0.3 is 0 Å². The first kappa shape index (κ1) is 4.19. The van der Waals surface area contributed by atoms with Crippen LogP contribution in [0.25, 0.3) is 0 Å². The van der Waals surface area contributed by atoms with Gasteiger partial charge in [0, 0.05) is 0 Å². The van der Waals surface area contributed by atoms with E-state index in [1.165, 1.54) is 0 Å². The normalized spacial score (nSPS) is 38.2. The minimum absolute atomic E-state index is 0.361. The molecule has 6 heavy (non-hydrogen) atoms. The van der Waals surface area contributed by atoms with Crippen LogP contribution in [-0.4, -0.2) is 13.2 Å². The summed E-state index contributed by atoms with van der Waals surface area (Å²) >= 11 is 0. The first-order chi connectivity index (χ1) is 2.63. The summed E-state index contributed by atoms with van der Waals surface area (Å²) in [5.74, 6) is 0.373. The molecule has 0 aromatic heterocycles. The third kappa shape index (κ3) is 0.452. The highest BCUT2D eigenvalue weighted by atomic mass is 14.7. The Morgan fingerprint density at radius 3 is 1.83 bits per heavy atom. The molecule has 0 spiro atoms. The zero-order chi connectivity index (χ0) is 4.78. The van der Waals surface area contributed by atoms with Crippen LogP contribution in [0, 0.1) is 0 Å². The van der Waals surface area contributed by atoms with Crippen molar-refractivity contribution in [3.8, 4) is 0 Å². The average Bonchev–Trinajstić information content (AvgIpc) is 1.73. The summed E-state index contributed by atoms with van der Waals surface area (Å²) in [7, 11) is 2.13. The van der Waals surface area contributed by atoms with Crippen molar-refractivity contribution in [2.24, 2.45) is 5.73 Å². The SMILES string of the molecule is CC1(C)[B]C1N. The Hall–Kier alpha value is 0.0249. The van der Waals surface area contributed by atoms with Crippen molar-refractivity contribution in [2.45, 2.75) is 25.1 Å². The van der Waals surface area contributed by atoms with E-state index in [-0.39, 0.29) is 0 Å². The maximum atomic E-state index is 5.44. The van der Waals surface area contributed by atoms with Gasteiger partial charge in [-0.05, 0) is 5.94 Å². The van der Waals surface area contributed by atoms with Crippen LogP contribution >= 0.6 is 0 Å². The van der Waals surface area contributed by atoms with Crippen LogP contribution in [0.3, 0.4) is 0 Å². The molecule has 1 rings (SSSR count). The molecule has 0 amide bonds. The molecule has 2 N–H and O–H groups in total. The van der Waals surface area contributed by atoms with Crippen molar-refractivity contribution < 1.29 is 0 Å². The molecular weight excluding hydrogens is 72.9 g/mol. The zero-order valence-electron chi connectivity index (χ0n) is 4.23. The number of rotatable bonds is 0. The van der Waals surface area contributed by atoms with Crippen LogP contribution in [0.2, 0.25) is 5.31 Å². The maximum Gasteiger partial charge on any atom is 0.140 e. The molecule has 0 bridgehead atoms. The molecular formula is C4H9BN. The minimum Gasteiger partial charge on any atom is -0.335 e. The zero-order valence-corrected chi connectivity index (χ0v) is 4.23. The summed E-state index contributed by atoms with van der Waals surface area (Å²) in [5.41, 5.74) is 5.44. The van der Waals surface area contributed by atoms with E-state index in [1.54, 1.807) is 0 Å². The molecule has 0 aliphatic carbocycles. The van der Waals surface area contributed by atoms with E-state index in [1.807, 2.05) is 0 Å². The lowest BCUT2D eigenvalue weighted by Crippen LogP contribution is -2.02. The summed E-state index contributed by atoms with van der Waals surface area (Å²) in [5, 5.41) is 0.361. The molecule has 33 valence electrons. The van der Waals surface area contributed by atoms with E-state index in [0.717, 1.165) is 0 Å². The van der Waals surface area contributed by atoms with Crippen LogP contribution < -0.4 is 5.73 Å². The second-order valence-electron chi connectivity index (χ2n) is 2.51. The van der Waals surface area contributed by atoms with Crippen LogP contribution in [0.15, 0.2) is 0 Å². The van der Waals surface area contributed by atoms with E-state index in [4.69, 9.17) is 5.73 Å². The summed E-state index contributed by atoms with van der Waals surface area (Å²) in [6.07, 6.45) is 0. The average molecular weight is 81.9 g/mol. The van der Waals surface area contributed by atoms with Crippen molar-refractivity contribution in [1.29, 1.82) is 0 Å². The van der Waals surface area contributed by atoms with Gasteiger partial charge in [-0.25, -0.2) is 0 Å². The fraction of sp³-hybridized carbons (Fsp3) is 1.00. The first-order valence-corrected chi connectivity index (χ1v) is 2.24.